The molecule has 3 aromatic heterocycles. The Hall–Kier alpha value is -2.63. The van der Waals surface area contributed by atoms with Crippen molar-refractivity contribution in [2.45, 2.75) is 19.8 Å². The van der Waals surface area contributed by atoms with Gasteiger partial charge in [0.1, 0.15) is 11.6 Å². The molecule has 0 radical (unpaired) electrons. The second-order valence-electron chi connectivity index (χ2n) is 6.50. The number of nitrogens with one attached hydrogen (secondary N) is 1. The molecule has 1 aromatic carbocycles. The highest BCUT2D eigenvalue weighted by molar-refractivity contribution is 6.35. The number of H-pyrrole nitrogens is 1. The van der Waals surface area contributed by atoms with Gasteiger partial charge in [-0.15, -0.1) is 0 Å². The molecule has 0 bridgehead atoms. The van der Waals surface area contributed by atoms with Crippen molar-refractivity contribution in [3.63, 3.8) is 0 Å². The zero-order chi connectivity index (χ0) is 19.0. The fourth-order valence-electron chi connectivity index (χ4n) is 3.09. The molecule has 0 atom stereocenters. The molecule has 27 heavy (non-hydrogen) atoms. The number of anilines is 1. The normalized spacial score (nSPS) is 11.2. The van der Waals surface area contributed by atoms with Gasteiger partial charge in [0, 0.05) is 33.9 Å². The molecule has 136 valence electrons. The standard InChI is InChI=1S/C20H17Cl2N5/c1-11-4-16(25-18(23)5-11)2-3-19-26-17-8-13(10-24-20(17)27-19)12-6-14(21)9-15(22)7-12/h4-10H,2-3H2,1H3,(H2,23,25)(H,24,26,27). The minimum atomic E-state index is 0.543. The second-order valence-corrected chi connectivity index (χ2v) is 7.37. The zero-order valence-corrected chi connectivity index (χ0v) is 16.1. The highest BCUT2D eigenvalue weighted by atomic mass is 35.5. The molecule has 0 amide bonds. The van der Waals surface area contributed by atoms with E-state index in [9.17, 15) is 0 Å². The molecule has 4 aromatic rings. The summed E-state index contributed by atoms with van der Waals surface area (Å²) in [7, 11) is 0. The van der Waals surface area contributed by atoms with Gasteiger partial charge in [-0.05, 0) is 60.9 Å². The van der Waals surface area contributed by atoms with E-state index in [4.69, 9.17) is 28.9 Å². The third-order valence-electron chi connectivity index (χ3n) is 4.24. The van der Waals surface area contributed by atoms with Crippen LogP contribution in [0, 0.1) is 6.92 Å². The van der Waals surface area contributed by atoms with Crippen molar-refractivity contribution >= 4 is 40.2 Å². The van der Waals surface area contributed by atoms with E-state index in [1.807, 2.05) is 37.3 Å². The number of hydrogen-bond donors (Lipinski definition) is 2. The summed E-state index contributed by atoms with van der Waals surface area (Å²) in [5, 5.41) is 1.18. The maximum Gasteiger partial charge on any atom is 0.177 e. The van der Waals surface area contributed by atoms with Crippen LogP contribution in [0.5, 0.6) is 0 Å². The summed E-state index contributed by atoms with van der Waals surface area (Å²) >= 11 is 12.2. The number of fused-ring (bicyclic) bond motifs is 1. The maximum absolute atomic E-state index is 6.10. The SMILES string of the molecule is Cc1cc(N)nc(CCc2nc3ncc(-c4cc(Cl)cc(Cl)c4)cc3[nH]2)c1. The predicted octanol–water partition coefficient (Wildman–Crippen LogP) is 5.00. The summed E-state index contributed by atoms with van der Waals surface area (Å²) in [5.41, 5.74) is 11.3. The minimum absolute atomic E-state index is 0.543. The fourth-order valence-corrected chi connectivity index (χ4v) is 3.62. The van der Waals surface area contributed by atoms with Gasteiger partial charge in [-0.1, -0.05) is 23.2 Å². The molecular weight excluding hydrogens is 381 g/mol. The molecule has 0 fully saturated rings. The topological polar surface area (TPSA) is 80.5 Å². The van der Waals surface area contributed by atoms with Crippen LogP contribution in [-0.4, -0.2) is 19.9 Å². The summed E-state index contributed by atoms with van der Waals surface area (Å²) in [6.45, 7) is 2.01. The van der Waals surface area contributed by atoms with E-state index < -0.39 is 0 Å². The molecule has 4 rings (SSSR count). The van der Waals surface area contributed by atoms with Crippen molar-refractivity contribution < 1.29 is 0 Å². The van der Waals surface area contributed by atoms with Crippen molar-refractivity contribution in [2.24, 2.45) is 0 Å². The van der Waals surface area contributed by atoms with E-state index in [1.165, 1.54) is 0 Å². The Labute approximate surface area is 166 Å². The Balaban J connectivity index is 1.59. The van der Waals surface area contributed by atoms with Crippen LogP contribution in [0.2, 0.25) is 10.0 Å². The maximum atomic E-state index is 6.10. The minimum Gasteiger partial charge on any atom is -0.384 e. The van der Waals surface area contributed by atoms with Crippen LogP contribution in [0.15, 0.2) is 42.6 Å². The fraction of sp³-hybridized carbons (Fsp3) is 0.150. The lowest BCUT2D eigenvalue weighted by Crippen LogP contribution is -2.00. The monoisotopic (exact) mass is 397 g/mol. The average Bonchev–Trinajstić information content (AvgIpc) is 3.00. The lowest BCUT2D eigenvalue weighted by Gasteiger charge is -2.03. The molecule has 3 heterocycles. The molecule has 0 unspecified atom stereocenters. The second kappa shape index (κ2) is 7.18. The van der Waals surface area contributed by atoms with E-state index in [1.54, 1.807) is 12.3 Å². The van der Waals surface area contributed by atoms with Crippen molar-refractivity contribution in [1.29, 1.82) is 0 Å². The van der Waals surface area contributed by atoms with Gasteiger partial charge in [-0.2, -0.15) is 0 Å². The van der Waals surface area contributed by atoms with Gasteiger partial charge in [0.25, 0.3) is 0 Å². The molecule has 0 spiro atoms. The summed E-state index contributed by atoms with van der Waals surface area (Å²) in [6, 6.07) is 11.3. The molecule has 0 saturated carbocycles. The number of rotatable bonds is 4. The third-order valence-corrected chi connectivity index (χ3v) is 4.68. The number of pyridine rings is 2. The summed E-state index contributed by atoms with van der Waals surface area (Å²) in [6.07, 6.45) is 3.25. The van der Waals surface area contributed by atoms with Crippen LogP contribution in [0.4, 0.5) is 5.82 Å². The summed E-state index contributed by atoms with van der Waals surface area (Å²) in [5.74, 6) is 1.40. The third kappa shape index (κ3) is 4.04. The Morgan fingerprint density at radius 1 is 0.926 bits per heavy atom. The largest absolute Gasteiger partial charge is 0.384 e. The quantitative estimate of drug-likeness (QED) is 0.507. The smallest absolute Gasteiger partial charge is 0.177 e. The lowest BCUT2D eigenvalue weighted by atomic mass is 10.1. The van der Waals surface area contributed by atoms with E-state index in [0.29, 0.717) is 21.5 Å². The van der Waals surface area contributed by atoms with E-state index in [-0.39, 0.29) is 0 Å². The Kier molecular flexibility index (Phi) is 4.72. The van der Waals surface area contributed by atoms with Crippen LogP contribution in [0.1, 0.15) is 17.1 Å². The first-order chi connectivity index (χ1) is 13.0. The van der Waals surface area contributed by atoms with Gasteiger partial charge in [0.15, 0.2) is 5.65 Å². The Morgan fingerprint density at radius 3 is 2.44 bits per heavy atom. The van der Waals surface area contributed by atoms with E-state index >= 15 is 0 Å². The van der Waals surface area contributed by atoms with Crippen LogP contribution in [-0.2, 0) is 12.8 Å². The van der Waals surface area contributed by atoms with Gasteiger partial charge in [-0.3, -0.25) is 0 Å². The first-order valence-corrected chi connectivity index (χ1v) is 9.26. The van der Waals surface area contributed by atoms with Gasteiger partial charge < -0.3 is 10.7 Å². The number of imidazole rings is 1. The number of nitrogen functional groups attached to an aromatic ring is 1. The first kappa shape index (κ1) is 17.8. The summed E-state index contributed by atoms with van der Waals surface area (Å²) in [4.78, 5) is 16.7. The van der Waals surface area contributed by atoms with Gasteiger partial charge in [0.2, 0.25) is 0 Å². The van der Waals surface area contributed by atoms with Gasteiger partial charge >= 0.3 is 0 Å². The van der Waals surface area contributed by atoms with E-state index in [2.05, 4.69) is 19.9 Å². The van der Waals surface area contributed by atoms with Crippen LogP contribution in [0.3, 0.4) is 0 Å². The average molecular weight is 398 g/mol. The van der Waals surface area contributed by atoms with Crippen molar-refractivity contribution in [3.05, 3.63) is 69.7 Å². The van der Waals surface area contributed by atoms with Crippen LogP contribution < -0.4 is 5.73 Å². The number of aromatic amines is 1. The Bertz CT molecular complexity index is 1100. The molecule has 7 heteroatoms. The molecule has 0 aliphatic rings. The molecule has 0 aliphatic carbocycles. The highest BCUT2D eigenvalue weighted by Gasteiger charge is 2.09. The lowest BCUT2D eigenvalue weighted by molar-refractivity contribution is 0.860. The van der Waals surface area contributed by atoms with Crippen molar-refractivity contribution in [3.8, 4) is 11.1 Å². The number of aryl methyl sites for hydroxylation is 3. The number of nitrogens with zero attached hydrogens (tertiary/aromatic N) is 3. The first-order valence-electron chi connectivity index (χ1n) is 8.50. The molecule has 3 N–H and O–H groups in total. The van der Waals surface area contributed by atoms with E-state index in [0.717, 1.165) is 46.6 Å². The van der Waals surface area contributed by atoms with Gasteiger partial charge in [-0.25, -0.2) is 15.0 Å². The van der Waals surface area contributed by atoms with Crippen LogP contribution in [0.25, 0.3) is 22.3 Å². The van der Waals surface area contributed by atoms with Gasteiger partial charge in [0.05, 0.1) is 5.52 Å². The van der Waals surface area contributed by atoms with Crippen molar-refractivity contribution in [1.82, 2.24) is 19.9 Å². The van der Waals surface area contributed by atoms with Crippen LogP contribution >= 0.6 is 23.2 Å². The van der Waals surface area contributed by atoms with Crippen molar-refractivity contribution in [2.75, 3.05) is 5.73 Å². The number of nitrogens with two attached hydrogens (primary N) is 1. The molecule has 0 aliphatic heterocycles. The molecule has 5 nitrogen and oxygen atoms in total. The number of aromatic nitrogens is 4. The highest BCUT2D eigenvalue weighted by Crippen LogP contribution is 2.28. The number of hydrogen-bond acceptors (Lipinski definition) is 4. The zero-order valence-electron chi connectivity index (χ0n) is 14.6. The number of benzene rings is 1. The Morgan fingerprint density at radius 2 is 1.70 bits per heavy atom. The molecule has 0 saturated heterocycles. The number of halogens is 2. The molecular formula is C20H17Cl2N5. The summed E-state index contributed by atoms with van der Waals surface area (Å²) < 4.78 is 0. The predicted molar refractivity (Wildman–Crippen MR) is 110 cm³/mol.